The van der Waals surface area contributed by atoms with Gasteiger partial charge in [-0.1, -0.05) is 73.1 Å². The second kappa shape index (κ2) is 13.8. The number of anilines is 1. The van der Waals surface area contributed by atoms with Gasteiger partial charge in [-0.25, -0.2) is 8.42 Å². The third kappa shape index (κ3) is 8.32. The van der Waals surface area contributed by atoms with Gasteiger partial charge in [0.1, 0.15) is 12.6 Å². The Morgan fingerprint density at radius 1 is 0.950 bits per heavy atom. The van der Waals surface area contributed by atoms with Crippen LogP contribution in [0.15, 0.2) is 72.8 Å². The summed E-state index contributed by atoms with van der Waals surface area (Å²) < 4.78 is 27.0. The minimum absolute atomic E-state index is 0.0362. The smallest absolute Gasteiger partial charge is 0.244 e. The van der Waals surface area contributed by atoms with Crippen LogP contribution in [0.1, 0.15) is 42.5 Å². The summed E-state index contributed by atoms with van der Waals surface area (Å²) in [5.74, 6) is -0.820. The number of nitrogens with zero attached hydrogens (tertiary/aromatic N) is 2. The minimum Gasteiger partial charge on any atom is -0.352 e. The second-order valence-corrected chi connectivity index (χ2v) is 12.5. The molecule has 1 N–H and O–H groups in total. The van der Waals surface area contributed by atoms with Crippen molar-refractivity contribution in [3.63, 3.8) is 0 Å². The summed E-state index contributed by atoms with van der Waals surface area (Å²) in [6.45, 7) is 7.27. The summed E-state index contributed by atoms with van der Waals surface area (Å²) in [7, 11) is -3.83. The van der Waals surface area contributed by atoms with Crippen LogP contribution in [-0.2, 0) is 32.6 Å². The fourth-order valence-corrected chi connectivity index (χ4v) is 5.34. The molecule has 2 atom stereocenters. The van der Waals surface area contributed by atoms with Gasteiger partial charge in [0, 0.05) is 24.0 Å². The molecule has 2 unspecified atom stereocenters. The Hall–Kier alpha value is -3.36. The molecule has 3 aromatic rings. The van der Waals surface area contributed by atoms with E-state index in [1.165, 1.54) is 4.90 Å². The quantitative estimate of drug-likeness (QED) is 0.314. The Morgan fingerprint density at radius 3 is 2.20 bits per heavy atom. The van der Waals surface area contributed by atoms with E-state index in [0.29, 0.717) is 16.3 Å². The maximum Gasteiger partial charge on any atom is 0.244 e. The van der Waals surface area contributed by atoms with Crippen LogP contribution >= 0.6 is 11.6 Å². The van der Waals surface area contributed by atoms with Crippen molar-refractivity contribution in [1.82, 2.24) is 10.2 Å². The van der Waals surface area contributed by atoms with Gasteiger partial charge in [0.2, 0.25) is 21.8 Å². The molecule has 0 aliphatic rings. The maximum absolute atomic E-state index is 14.1. The summed E-state index contributed by atoms with van der Waals surface area (Å²) in [5, 5.41) is 3.47. The fraction of sp³-hybridized carbons (Fsp3) is 0.355. The number of rotatable bonds is 12. The van der Waals surface area contributed by atoms with E-state index in [4.69, 9.17) is 11.6 Å². The number of nitrogens with one attached hydrogen (secondary N) is 1. The van der Waals surface area contributed by atoms with Crippen molar-refractivity contribution in [3.05, 3.63) is 100 Å². The molecule has 3 rings (SSSR count). The number of hydrogen-bond acceptors (Lipinski definition) is 4. The average molecular weight is 584 g/mol. The highest BCUT2D eigenvalue weighted by Crippen LogP contribution is 2.24. The Bertz CT molecular complexity index is 1430. The third-order valence-corrected chi connectivity index (χ3v) is 8.54. The first-order valence-electron chi connectivity index (χ1n) is 13.3. The van der Waals surface area contributed by atoms with Gasteiger partial charge in [-0.3, -0.25) is 13.9 Å². The molecule has 214 valence electrons. The van der Waals surface area contributed by atoms with E-state index in [-0.39, 0.29) is 24.9 Å². The summed E-state index contributed by atoms with van der Waals surface area (Å²) >= 11 is 6.49. The third-order valence-electron chi connectivity index (χ3n) is 7.03. The zero-order chi connectivity index (χ0) is 29.4. The molecule has 0 aliphatic heterocycles. The predicted octanol–water partition coefficient (Wildman–Crippen LogP) is 5.28. The van der Waals surface area contributed by atoms with Crippen LogP contribution in [0, 0.1) is 13.8 Å². The summed E-state index contributed by atoms with van der Waals surface area (Å²) in [5.41, 5.74) is 3.83. The van der Waals surface area contributed by atoms with Crippen molar-refractivity contribution in [3.8, 4) is 0 Å². The molecule has 0 heterocycles. The summed E-state index contributed by atoms with van der Waals surface area (Å²) in [6, 6.07) is 20.8. The van der Waals surface area contributed by atoms with Crippen LogP contribution in [0.3, 0.4) is 0 Å². The lowest BCUT2D eigenvalue weighted by molar-refractivity contribution is -0.140. The fourth-order valence-electron chi connectivity index (χ4n) is 4.30. The lowest BCUT2D eigenvalue weighted by Crippen LogP contribution is -2.54. The first kappa shape index (κ1) is 31.2. The van der Waals surface area contributed by atoms with E-state index < -0.39 is 28.5 Å². The average Bonchev–Trinajstić information content (AvgIpc) is 2.91. The molecule has 3 aromatic carbocycles. The number of sulfonamides is 1. The molecule has 0 saturated carbocycles. The van der Waals surface area contributed by atoms with Crippen LogP contribution in [0.25, 0.3) is 0 Å². The molecule has 2 amide bonds. The molecule has 40 heavy (non-hydrogen) atoms. The van der Waals surface area contributed by atoms with Crippen molar-refractivity contribution in [1.29, 1.82) is 0 Å². The van der Waals surface area contributed by atoms with Gasteiger partial charge in [-0.2, -0.15) is 0 Å². The number of hydrogen-bond donors (Lipinski definition) is 1. The van der Waals surface area contributed by atoms with Gasteiger partial charge in [0.05, 0.1) is 11.9 Å². The zero-order valence-electron chi connectivity index (χ0n) is 23.7. The van der Waals surface area contributed by atoms with Crippen LogP contribution < -0.4 is 9.62 Å². The number of benzene rings is 3. The van der Waals surface area contributed by atoms with Gasteiger partial charge in [-0.05, 0) is 67.6 Å². The molecule has 0 aliphatic carbocycles. The molecular weight excluding hydrogens is 546 g/mol. The first-order valence-corrected chi connectivity index (χ1v) is 15.6. The second-order valence-electron chi connectivity index (χ2n) is 10.2. The Balaban J connectivity index is 2.08. The molecule has 0 bridgehead atoms. The number of aryl methyl sites for hydroxylation is 2. The molecule has 0 saturated heterocycles. The van der Waals surface area contributed by atoms with Gasteiger partial charge >= 0.3 is 0 Å². The number of amides is 2. The Labute approximate surface area is 243 Å². The molecular formula is C31H38ClN3O4S. The van der Waals surface area contributed by atoms with Crippen LogP contribution in [0.4, 0.5) is 5.69 Å². The maximum atomic E-state index is 14.1. The standard InChI is InChI=1S/C31H38ClN3O4S/c1-6-24(4)33-31(37)29(19-25-12-8-7-9-13-25)34(20-26-14-10-11-15-28(26)32)30(36)21-35(40(5,38)39)27-17-16-22(2)23(3)18-27/h7-18,24,29H,6,19-21H2,1-5H3,(H,33,37). The van der Waals surface area contributed by atoms with Gasteiger partial charge in [0.25, 0.3) is 0 Å². The highest BCUT2D eigenvalue weighted by atomic mass is 35.5. The molecule has 0 fully saturated rings. The van der Waals surface area contributed by atoms with Crippen LogP contribution in [0.2, 0.25) is 5.02 Å². The predicted molar refractivity (Wildman–Crippen MR) is 162 cm³/mol. The molecule has 0 aromatic heterocycles. The lowest BCUT2D eigenvalue weighted by atomic mass is 10.0. The Morgan fingerprint density at radius 2 is 1.60 bits per heavy atom. The van der Waals surface area contributed by atoms with Gasteiger partial charge < -0.3 is 10.2 Å². The topological polar surface area (TPSA) is 86.8 Å². The highest BCUT2D eigenvalue weighted by Gasteiger charge is 2.33. The zero-order valence-corrected chi connectivity index (χ0v) is 25.3. The normalized spacial score (nSPS) is 12.8. The number of carbonyl (C=O) groups excluding carboxylic acids is 2. The van der Waals surface area contributed by atoms with Crippen molar-refractivity contribution in [2.24, 2.45) is 0 Å². The van der Waals surface area contributed by atoms with Crippen molar-refractivity contribution >= 4 is 39.1 Å². The van der Waals surface area contributed by atoms with E-state index in [0.717, 1.165) is 33.7 Å². The van der Waals surface area contributed by atoms with E-state index in [2.05, 4.69) is 5.32 Å². The van der Waals surface area contributed by atoms with E-state index in [1.807, 2.05) is 70.2 Å². The summed E-state index contributed by atoms with van der Waals surface area (Å²) in [4.78, 5) is 29.3. The SMILES string of the molecule is CCC(C)NC(=O)C(Cc1ccccc1)N(Cc1ccccc1Cl)C(=O)CN(c1ccc(C)c(C)c1)S(C)(=O)=O. The number of carbonyl (C=O) groups is 2. The highest BCUT2D eigenvalue weighted by molar-refractivity contribution is 7.92. The van der Waals surface area contributed by atoms with Crippen LogP contribution in [-0.4, -0.2) is 50.0 Å². The monoisotopic (exact) mass is 583 g/mol. The first-order chi connectivity index (χ1) is 18.9. The molecule has 9 heteroatoms. The van der Waals surface area contributed by atoms with Gasteiger partial charge in [-0.15, -0.1) is 0 Å². The van der Waals surface area contributed by atoms with Crippen LogP contribution in [0.5, 0.6) is 0 Å². The molecule has 7 nitrogen and oxygen atoms in total. The summed E-state index contributed by atoms with van der Waals surface area (Å²) in [6.07, 6.45) is 2.05. The Kier molecular flexibility index (Phi) is 10.8. The lowest BCUT2D eigenvalue weighted by Gasteiger charge is -2.34. The largest absolute Gasteiger partial charge is 0.352 e. The van der Waals surface area contributed by atoms with E-state index >= 15 is 0 Å². The van der Waals surface area contributed by atoms with E-state index in [9.17, 15) is 18.0 Å². The van der Waals surface area contributed by atoms with Crippen molar-refractivity contribution in [2.45, 2.75) is 59.2 Å². The van der Waals surface area contributed by atoms with Gasteiger partial charge in [0.15, 0.2) is 0 Å². The van der Waals surface area contributed by atoms with E-state index in [1.54, 1.807) is 30.3 Å². The van der Waals surface area contributed by atoms with Crippen molar-refractivity contribution < 1.29 is 18.0 Å². The molecule has 0 spiro atoms. The van der Waals surface area contributed by atoms with Crippen molar-refractivity contribution in [2.75, 3.05) is 17.1 Å². The number of halogens is 1. The minimum atomic E-state index is -3.83. The molecule has 0 radical (unpaired) electrons.